The van der Waals surface area contributed by atoms with Crippen molar-refractivity contribution in [2.24, 2.45) is 0 Å². The molecule has 0 heterocycles. The third kappa shape index (κ3) is 6.24. The molecule has 33 heavy (non-hydrogen) atoms. The lowest BCUT2D eigenvalue weighted by atomic mass is 10.2. The van der Waals surface area contributed by atoms with Gasteiger partial charge in [0.2, 0.25) is 5.91 Å². The zero-order valence-electron chi connectivity index (χ0n) is 17.6. The number of amides is 1. The highest BCUT2D eigenvalue weighted by molar-refractivity contribution is 7.92. The summed E-state index contributed by atoms with van der Waals surface area (Å²) in [7, 11) is -1.18. The molecule has 1 amide bonds. The standard InChI is InChI=1S/C23H20ClFN2O5S/c1-31-18-8-5-16(6-9-18)27-33(29,30)22-14-17(7-11-21(22)32-2)26-23(28)12-4-15-3-10-20(25)19(24)13-15/h3-14,27H,1-2H3,(H,26,28)/b12-4+. The van der Waals surface area contributed by atoms with Crippen molar-refractivity contribution in [3.63, 3.8) is 0 Å². The third-order valence-corrected chi connectivity index (χ3v) is 6.13. The van der Waals surface area contributed by atoms with E-state index in [1.165, 1.54) is 62.8 Å². The summed E-state index contributed by atoms with van der Waals surface area (Å²) in [6.45, 7) is 0. The van der Waals surface area contributed by atoms with Crippen LogP contribution in [0.4, 0.5) is 15.8 Å². The molecule has 0 bridgehead atoms. The van der Waals surface area contributed by atoms with Gasteiger partial charge in [0.05, 0.1) is 19.2 Å². The number of methoxy groups -OCH3 is 2. The minimum absolute atomic E-state index is 0.0630. The Morgan fingerprint density at radius 1 is 0.970 bits per heavy atom. The van der Waals surface area contributed by atoms with Crippen molar-refractivity contribution in [1.29, 1.82) is 0 Å². The Balaban J connectivity index is 1.79. The number of nitrogens with one attached hydrogen (secondary N) is 2. The molecule has 0 saturated carbocycles. The van der Waals surface area contributed by atoms with Crippen LogP contribution < -0.4 is 19.5 Å². The first-order valence-corrected chi connectivity index (χ1v) is 11.4. The highest BCUT2D eigenvalue weighted by Gasteiger charge is 2.21. The molecule has 0 atom stereocenters. The number of sulfonamides is 1. The quantitative estimate of drug-likeness (QED) is 0.436. The van der Waals surface area contributed by atoms with Gasteiger partial charge in [-0.1, -0.05) is 17.7 Å². The van der Waals surface area contributed by atoms with Crippen LogP contribution in [-0.2, 0) is 14.8 Å². The van der Waals surface area contributed by atoms with Crippen LogP contribution in [0.2, 0.25) is 5.02 Å². The summed E-state index contributed by atoms with van der Waals surface area (Å²) in [5, 5.41) is 2.52. The number of carbonyl (C=O) groups is 1. The topological polar surface area (TPSA) is 93.7 Å². The van der Waals surface area contributed by atoms with Gasteiger partial charge in [0.25, 0.3) is 10.0 Å². The second-order valence-electron chi connectivity index (χ2n) is 6.70. The van der Waals surface area contributed by atoms with E-state index in [-0.39, 0.29) is 21.4 Å². The van der Waals surface area contributed by atoms with E-state index >= 15 is 0 Å². The molecule has 0 aliphatic carbocycles. The maximum Gasteiger partial charge on any atom is 0.265 e. The van der Waals surface area contributed by atoms with E-state index < -0.39 is 21.7 Å². The van der Waals surface area contributed by atoms with Gasteiger partial charge in [0.15, 0.2) is 0 Å². The van der Waals surface area contributed by atoms with Gasteiger partial charge in [-0.15, -0.1) is 0 Å². The monoisotopic (exact) mass is 490 g/mol. The fraction of sp³-hybridized carbons (Fsp3) is 0.0870. The molecule has 3 rings (SSSR count). The van der Waals surface area contributed by atoms with Crippen molar-refractivity contribution >= 4 is 45.0 Å². The van der Waals surface area contributed by atoms with Crippen LogP contribution in [0.5, 0.6) is 11.5 Å². The molecule has 0 aromatic heterocycles. The lowest BCUT2D eigenvalue weighted by Crippen LogP contribution is -2.15. The predicted octanol–water partition coefficient (Wildman–Crippen LogP) is 4.95. The molecule has 2 N–H and O–H groups in total. The van der Waals surface area contributed by atoms with E-state index in [2.05, 4.69) is 10.0 Å². The van der Waals surface area contributed by atoms with Gasteiger partial charge in [-0.05, 0) is 66.2 Å². The van der Waals surface area contributed by atoms with Crippen LogP contribution >= 0.6 is 11.6 Å². The molecule has 10 heteroatoms. The maximum atomic E-state index is 13.2. The molecule has 0 aliphatic heterocycles. The van der Waals surface area contributed by atoms with Gasteiger partial charge in [-0.2, -0.15) is 0 Å². The Bertz CT molecular complexity index is 1290. The molecule has 0 aliphatic rings. The molecular weight excluding hydrogens is 471 g/mol. The van der Waals surface area contributed by atoms with Gasteiger partial charge in [0, 0.05) is 17.5 Å². The number of benzene rings is 3. The zero-order valence-corrected chi connectivity index (χ0v) is 19.2. The number of halogens is 2. The first-order chi connectivity index (χ1) is 15.7. The predicted molar refractivity (Wildman–Crippen MR) is 126 cm³/mol. The van der Waals surface area contributed by atoms with E-state index in [4.69, 9.17) is 21.1 Å². The van der Waals surface area contributed by atoms with Gasteiger partial charge >= 0.3 is 0 Å². The molecule has 0 unspecified atom stereocenters. The van der Waals surface area contributed by atoms with Crippen molar-refractivity contribution in [3.8, 4) is 11.5 Å². The number of hydrogen-bond donors (Lipinski definition) is 2. The molecule has 0 saturated heterocycles. The molecule has 3 aromatic carbocycles. The van der Waals surface area contributed by atoms with Crippen LogP contribution in [-0.4, -0.2) is 28.5 Å². The van der Waals surface area contributed by atoms with Crippen LogP contribution in [0.25, 0.3) is 6.08 Å². The molecule has 3 aromatic rings. The second kappa shape index (κ2) is 10.4. The Hall–Kier alpha value is -3.56. The number of rotatable bonds is 8. The second-order valence-corrected chi connectivity index (χ2v) is 8.75. The van der Waals surface area contributed by atoms with E-state index in [1.807, 2.05) is 0 Å². The van der Waals surface area contributed by atoms with E-state index in [0.29, 0.717) is 17.0 Å². The van der Waals surface area contributed by atoms with Crippen LogP contribution in [0.1, 0.15) is 5.56 Å². The summed E-state index contributed by atoms with van der Waals surface area (Å²) in [4.78, 5) is 12.1. The minimum atomic E-state index is -4.03. The number of carbonyl (C=O) groups excluding carboxylic acids is 1. The van der Waals surface area contributed by atoms with Crippen molar-refractivity contribution < 1.29 is 27.1 Å². The molecular formula is C23H20ClFN2O5S. The van der Waals surface area contributed by atoms with Crippen molar-refractivity contribution in [2.75, 3.05) is 24.3 Å². The third-order valence-electron chi connectivity index (χ3n) is 4.43. The molecule has 0 fully saturated rings. The lowest BCUT2D eigenvalue weighted by Gasteiger charge is -2.13. The summed E-state index contributed by atoms with van der Waals surface area (Å²) in [5.41, 5.74) is 1.09. The fourth-order valence-corrected chi connectivity index (χ4v) is 4.25. The van der Waals surface area contributed by atoms with Crippen molar-refractivity contribution in [1.82, 2.24) is 0 Å². The summed E-state index contributed by atoms with van der Waals surface area (Å²) in [6.07, 6.45) is 2.67. The summed E-state index contributed by atoms with van der Waals surface area (Å²) in [5.74, 6) is -0.401. The van der Waals surface area contributed by atoms with E-state index in [0.717, 1.165) is 0 Å². The van der Waals surface area contributed by atoms with Crippen molar-refractivity contribution in [2.45, 2.75) is 4.90 Å². The lowest BCUT2D eigenvalue weighted by molar-refractivity contribution is -0.111. The van der Waals surface area contributed by atoms with Crippen LogP contribution in [0, 0.1) is 5.82 Å². The Morgan fingerprint density at radius 2 is 1.67 bits per heavy atom. The first kappa shape index (κ1) is 24.1. The normalized spacial score (nSPS) is 11.3. The first-order valence-electron chi connectivity index (χ1n) is 9.51. The number of ether oxygens (including phenoxy) is 2. The van der Waals surface area contributed by atoms with Gasteiger partial charge in [0.1, 0.15) is 22.2 Å². The Kier molecular flexibility index (Phi) is 7.57. The number of anilines is 2. The Morgan fingerprint density at radius 3 is 2.30 bits per heavy atom. The highest BCUT2D eigenvalue weighted by atomic mass is 35.5. The van der Waals surface area contributed by atoms with E-state index in [1.54, 1.807) is 24.3 Å². The van der Waals surface area contributed by atoms with Crippen molar-refractivity contribution in [3.05, 3.63) is 83.1 Å². The van der Waals surface area contributed by atoms with Crippen LogP contribution in [0.3, 0.4) is 0 Å². The molecule has 0 radical (unpaired) electrons. The molecule has 7 nitrogen and oxygen atoms in total. The van der Waals surface area contributed by atoms with E-state index in [9.17, 15) is 17.6 Å². The largest absolute Gasteiger partial charge is 0.497 e. The molecule has 0 spiro atoms. The van der Waals surface area contributed by atoms with Gasteiger partial charge in [-0.3, -0.25) is 9.52 Å². The summed E-state index contributed by atoms with van der Waals surface area (Å²) < 4.78 is 51.9. The summed E-state index contributed by atoms with van der Waals surface area (Å²) >= 11 is 5.73. The molecule has 172 valence electrons. The number of hydrogen-bond acceptors (Lipinski definition) is 5. The minimum Gasteiger partial charge on any atom is -0.497 e. The van der Waals surface area contributed by atoms with Crippen LogP contribution in [0.15, 0.2) is 71.6 Å². The highest BCUT2D eigenvalue weighted by Crippen LogP contribution is 2.29. The van der Waals surface area contributed by atoms with Gasteiger partial charge in [-0.25, -0.2) is 12.8 Å². The van der Waals surface area contributed by atoms with Gasteiger partial charge < -0.3 is 14.8 Å². The zero-order chi connectivity index (χ0) is 24.0. The average molecular weight is 491 g/mol. The summed E-state index contributed by atoms with van der Waals surface area (Å²) in [6, 6.07) is 14.6. The average Bonchev–Trinajstić information content (AvgIpc) is 2.80. The SMILES string of the molecule is COc1ccc(NS(=O)(=O)c2cc(NC(=O)/C=C/c3ccc(F)c(Cl)c3)ccc2OC)cc1. The Labute approximate surface area is 195 Å². The smallest absolute Gasteiger partial charge is 0.265 e. The maximum absolute atomic E-state index is 13.2. The fourth-order valence-electron chi connectivity index (χ4n) is 2.81.